The lowest BCUT2D eigenvalue weighted by Gasteiger charge is -2.20. The predicted molar refractivity (Wildman–Crippen MR) is 93.2 cm³/mol. The molecule has 0 saturated carbocycles. The summed E-state index contributed by atoms with van der Waals surface area (Å²) < 4.78 is 1.15. The third-order valence-electron chi connectivity index (χ3n) is 3.03. The summed E-state index contributed by atoms with van der Waals surface area (Å²) in [6.45, 7) is 3.12. The largest absolute Gasteiger partial charge is 0.310 e. The zero-order valence-electron chi connectivity index (χ0n) is 11.1. The van der Waals surface area contributed by atoms with Crippen LogP contribution in [0.15, 0.2) is 34.1 Å². The molecular formula is C15H16BrCl2NS. The Kier molecular flexibility index (Phi) is 6.37. The summed E-state index contributed by atoms with van der Waals surface area (Å²) in [6, 6.07) is 10.2. The fraction of sp³-hybridized carbons (Fsp3) is 0.333. The van der Waals surface area contributed by atoms with Crippen molar-refractivity contribution in [3.8, 4) is 0 Å². The minimum Gasteiger partial charge on any atom is -0.310 e. The van der Waals surface area contributed by atoms with Crippen LogP contribution >= 0.6 is 50.5 Å². The van der Waals surface area contributed by atoms with Crippen LogP contribution in [-0.4, -0.2) is 6.54 Å². The zero-order valence-corrected chi connectivity index (χ0v) is 15.0. The third kappa shape index (κ3) is 4.22. The van der Waals surface area contributed by atoms with E-state index in [2.05, 4.69) is 40.3 Å². The molecule has 5 heteroatoms. The van der Waals surface area contributed by atoms with Crippen molar-refractivity contribution >= 4 is 50.5 Å². The van der Waals surface area contributed by atoms with E-state index in [1.807, 2.05) is 18.2 Å². The van der Waals surface area contributed by atoms with Crippen LogP contribution in [0.25, 0.3) is 0 Å². The molecule has 0 aliphatic carbocycles. The molecule has 0 aliphatic heterocycles. The maximum absolute atomic E-state index is 6.36. The minimum atomic E-state index is 0.187. The first-order valence-corrected chi connectivity index (χ1v) is 8.90. The van der Waals surface area contributed by atoms with Gasteiger partial charge in [0.1, 0.15) is 0 Å². The Bertz CT molecular complexity index is 571. The first-order chi connectivity index (χ1) is 9.61. The van der Waals surface area contributed by atoms with Gasteiger partial charge in [-0.3, -0.25) is 0 Å². The first kappa shape index (κ1) is 16.3. The SMILES string of the molecule is CCCNC(Cc1ccc(Br)s1)c1cccc(Cl)c1Cl. The molecule has 20 heavy (non-hydrogen) atoms. The summed E-state index contributed by atoms with van der Waals surface area (Å²) in [6.07, 6.45) is 2.00. The third-order valence-corrected chi connectivity index (χ3v) is 5.51. The van der Waals surface area contributed by atoms with Gasteiger partial charge in [-0.15, -0.1) is 11.3 Å². The average Bonchev–Trinajstić information content (AvgIpc) is 2.83. The van der Waals surface area contributed by atoms with Gasteiger partial charge in [0.05, 0.1) is 13.8 Å². The highest BCUT2D eigenvalue weighted by molar-refractivity contribution is 9.11. The molecule has 2 rings (SSSR count). The summed E-state index contributed by atoms with van der Waals surface area (Å²) in [5.41, 5.74) is 1.07. The van der Waals surface area contributed by atoms with Crippen molar-refractivity contribution in [1.29, 1.82) is 0 Å². The molecule has 0 saturated heterocycles. The number of hydrogen-bond donors (Lipinski definition) is 1. The summed E-state index contributed by atoms with van der Waals surface area (Å²) in [7, 11) is 0. The van der Waals surface area contributed by atoms with Crippen LogP contribution in [0.5, 0.6) is 0 Å². The molecule has 1 nitrogen and oxygen atoms in total. The van der Waals surface area contributed by atoms with E-state index in [4.69, 9.17) is 23.2 Å². The molecule has 0 bridgehead atoms. The Balaban J connectivity index is 2.24. The highest BCUT2D eigenvalue weighted by Crippen LogP contribution is 2.33. The fourth-order valence-electron chi connectivity index (χ4n) is 2.06. The van der Waals surface area contributed by atoms with Gasteiger partial charge >= 0.3 is 0 Å². The van der Waals surface area contributed by atoms with E-state index < -0.39 is 0 Å². The molecule has 0 fully saturated rings. The highest BCUT2D eigenvalue weighted by atomic mass is 79.9. The first-order valence-electron chi connectivity index (χ1n) is 6.53. The predicted octanol–water partition coefficient (Wildman–Crippen LogP) is 6.10. The van der Waals surface area contributed by atoms with E-state index in [9.17, 15) is 0 Å². The van der Waals surface area contributed by atoms with E-state index in [1.165, 1.54) is 4.88 Å². The summed E-state index contributed by atoms with van der Waals surface area (Å²) in [5, 5.41) is 4.82. The highest BCUT2D eigenvalue weighted by Gasteiger charge is 2.17. The Labute approximate surface area is 142 Å². The number of hydrogen-bond acceptors (Lipinski definition) is 2. The molecule has 1 unspecified atom stereocenters. The zero-order chi connectivity index (χ0) is 14.5. The molecule has 2 aromatic rings. The van der Waals surface area contributed by atoms with E-state index in [0.29, 0.717) is 10.0 Å². The number of rotatable bonds is 6. The molecule has 1 heterocycles. The van der Waals surface area contributed by atoms with E-state index in [1.54, 1.807) is 11.3 Å². The normalized spacial score (nSPS) is 12.6. The lowest BCUT2D eigenvalue weighted by molar-refractivity contribution is 0.532. The van der Waals surface area contributed by atoms with Crippen molar-refractivity contribution in [2.45, 2.75) is 25.8 Å². The standard InChI is InChI=1S/C15H16BrCl2NS/c1-2-8-19-13(9-10-6-7-14(16)20-10)11-4-3-5-12(17)15(11)18/h3-7,13,19H,2,8-9H2,1H3. The molecule has 0 aliphatic rings. The Morgan fingerprint density at radius 1 is 1.25 bits per heavy atom. The van der Waals surface area contributed by atoms with Crippen LogP contribution in [0.4, 0.5) is 0 Å². The van der Waals surface area contributed by atoms with Gasteiger partial charge < -0.3 is 5.32 Å². The molecule has 0 radical (unpaired) electrons. The van der Waals surface area contributed by atoms with Crippen LogP contribution in [0.3, 0.4) is 0 Å². The number of thiophene rings is 1. The molecule has 1 N–H and O–H groups in total. The Hall–Kier alpha value is -0.0600. The summed E-state index contributed by atoms with van der Waals surface area (Å²) in [5.74, 6) is 0. The molecular weight excluding hydrogens is 377 g/mol. The smallest absolute Gasteiger partial charge is 0.0701 e. The van der Waals surface area contributed by atoms with Gasteiger partial charge in [0, 0.05) is 17.3 Å². The summed E-state index contributed by atoms with van der Waals surface area (Å²) in [4.78, 5) is 1.32. The fourth-order valence-corrected chi connectivity index (χ4v) is 4.03. The maximum Gasteiger partial charge on any atom is 0.0701 e. The Morgan fingerprint density at radius 3 is 2.70 bits per heavy atom. The van der Waals surface area contributed by atoms with Crippen molar-refractivity contribution in [3.05, 3.63) is 54.6 Å². The average molecular weight is 393 g/mol. The van der Waals surface area contributed by atoms with E-state index >= 15 is 0 Å². The van der Waals surface area contributed by atoms with Gasteiger partial charge in [-0.05, 0) is 52.7 Å². The minimum absolute atomic E-state index is 0.187. The van der Waals surface area contributed by atoms with Gasteiger partial charge in [0.2, 0.25) is 0 Å². The van der Waals surface area contributed by atoms with Crippen LogP contribution < -0.4 is 5.32 Å². The molecule has 1 aromatic carbocycles. The quantitative estimate of drug-likeness (QED) is 0.625. The monoisotopic (exact) mass is 391 g/mol. The molecule has 108 valence electrons. The van der Waals surface area contributed by atoms with Gasteiger partial charge in [-0.1, -0.05) is 42.3 Å². The van der Waals surface area contributed by atoms with Gasteiger partial charge in [-0.2, -0.15) is 0 Å². The second-order valence-electron chi connectivity index (χ2n) is 4.56. The van der Waals surface area contributed by atoms with Crippen LogP contribution in [-0.2, 0) is 6.42 Å². The number of nitrogens with one attached hydrogen (secondary N) is 1. The second-order valence-corrected chi connectivity index (χ2v) is 7.89. The van der Waals surface area contributed by atoms with E-state index in [-0.39, 0.29) is 6.04 Å². The molecule has 1 aromatic heterocycles. The van der Waals surface area contributed by atoms with E-state index in [0.717, 1.165) is 28.7 Å². The van der Waals surface area contributed by atoms with Gasteiger partial charge in [0.25, 0.3) is 0 Å². The van der Waals surface area contributed by atoms with Crippen molar-refractivity contribution in [3.63, 3.8) is 0 Å². The van der Waals surface area contributed by atoms with Crippen molar-refractivity contribution < 1.29 is 0 Å². The van der Waals surface area contributed by atoms with Crippen LogP contribution in [0.1, 0.15) is 29.8 Å². The van der Waals surface area contributed by atoms with Crippen LogP contribution in [0.2, 0.25) is 10.0 Å². The van der Waals surface area contributed by atoms with Gasteiger partial charge in [-0.25, -0.2) is 0 Å². The molecule has 0 spiro atoms. The lowest BCUT2D eigenvalue weighted by atomic mass is 10.0. The molecule has 1 atom stereocenters. The van der Waals surface area contributed by atoms with Crippen LogP contribution in [0, 0.1) is 0 Å². The summed E-state index contributed by atoms with van der Waals surface area (Å²) >= 11 is 17.8. The number of benzene rings is 1. The lowest BCUT2D eigenvalue weighted by Crippen LogP contribution is -2.24. The van der Waals surface area contributed by atoms with Crippen molar-refractivity contribution in [2.24, 2.45) is 0 Å². The molecule has 0 amide bonds. The van der Waals surface area contributed by atoms with Crippen molar-refractivity contribution in [2.75, 3.05) is 6.54 Å². The topological polar surface area (TPSA) is 12.0 Å². The van der Waals surface area contributed by atoms with Gasteiger partial charge in [0.15, 0.2) is 0 Å². The maximum atomic E-state index is 6.36. The van der Waals surface area contributed by atoms with Crippen molar-refractivity contribution in [1.82, 2.24) is 5.32 Å². The Morgan fingerprint density at radius 2 is 2.05 bits per heavy atom. The second kappa shape index (κ2) is 7.81. The number of halogens is 3.